The van der Waals surface area contributed by atoms with Crippen LogP contribution in [0.1, 0.15) is 26.2 Å². The Morgan fingerprint density at radius 2 is 2.07 bits per heavy atom. The zero-order valence-corrected chi connectivity index (χ0v) is 9.11. The molecule has 1 heterocycles. The van der Waals surface area contributed by atoms with Crippen molar-refractivity contribution in [3.8, 4) is 0 Å². The fourth-order valence-electron chi connectivity index (χ4n) is 1.88. The van der Waals surface area contributed by atoms with Gasteiger partial charge in [0.2, 0.25) is 0 Å². The molecule has 1 aliphatic heterocycles. The van der Waals surface area contributed by atoms with E-state index in [0.29, 0.717) is 12.6 Å². The average molecular weight is 224 g/mol. The highest BCUT2D eigenvalue weighted by molar-refractivity contribution is 4.73. The molecule has 0 aliphatic carbocycles. The van der Waals surface area contributed by atoms with Crippen molar-refractivity contribution in [2.24, 2.45) is 0 Å². The number of alkyl halides is 3. The average Bonchev–Trinajstić information content (AvgIpc) is 2.30. The maximum absolute atomic E-state index is 12.0. The molecule has 5 heteroatoms. The van der Waals surface area contributed by atoms with Crippen LogP contribution < -0.4 is 5.32 Å². The highest BCUT2D eigenvalue weighted by atomic mass is 19.4. The fourth-order valence-corrected chi connectivity index (χ4v) is 1.88. The molecule has 0 radical (unpaired) electrons. The van der Waals surface area contributed by atoms with E-state index in [0.717, 1.165) is 26.1 Å². The summed E-state index contributed by atoms with van der Waals surface area (Å²) in [6.45, 7) is 5.36. The summed E-state index contributed by atoms with van der Waals surface area (Å²) in [5.41, 5.74) is 0. The molecular formula is C10H19F3N2. The van der Waals surface area contributed by atoms with E-state index in [1.807, 2.05) is 0 Å². The predicted octanol–water partition coefficient (Wildman–Crippen LogP) is 2.01. The van der Waals surface area contributed by atoms with Crippen molar-refractivity contribution >= 4 is 0 Å². The van der Waals surface area contributed by atoms with Gasteiger partial charge in [-0.05, 0) is 32.9 Å². The first-order chi connectivity index (χ1) is 6.99. The van der Waals surface area contributed by atoms with Gasteiger partial charge in [-0.2, -0.15) is 13.2 Å². The van der Waals surface area contributed by atoms with Gasteiger partial charge in [0.05, 0.1) is 0 Å². The Morgan fingerprint density at radius 1 is 1.33 bits per heavy atom. The van der Waals surface area contributed by atoms with Crippen LogP contribution in [-0.4, -0.2) is 43.3 Å². The van der Waals surface area contributed by atoms with Crippen LogP contribution in [0.4, 0.5) is 13.2 Å². The van der Waals surface area contributed by atoms with Crippen LogP contribution in [0.5, 0.6) is 0 Å². The lowest BCUT2D eigenvalue weighted by Gasteiger charge is -2.26. The van der Waals surface area contributed by atoms with Crippen molar-refractivity contribution in [2.45, 2.75) is 38.4 Å². The molecule has 0 aromatic rings. The number of rotatable bonds is 3. The van der Waals surface area contributed by atoms with Gasteiger partial charge in [-0.15, -0.1) is 0 Å². The molecule has 90 valence electrons. The molecular weight excluding hydrogens is 205 g/mol. The largest absolute Gasteiger partial charge is 0.389 e. The summed E-state index contributed by atoms with van der Waals surface area (Å²) >= 11 is 0. The van der Waals surface area contributed by atoms with Crippen LogP contribution in [0.2, 0.25) is 0 Å². The first-order valence-corrected chi connectivity index (χ1v) is 5.50. The molecule has 0 bridgehead atoms. The second-order valence-electron chi connectivity index (χ2n) is 4.14. The maximum Gasteiger partial charge on any atom is 0.389 e. The van der Waals surface area contributed by atoms with Crippen molar-refractivity contribution in [1.82, 2.24) is 10.2 Å². The molecule has 1 fully saturated rings. The number of nitrogens with zero attached hydrogens (tertiary/aromatic N) is 1. The second-order valence-corrected chi connectivity index (χ2v) is 4.14. The first-order valence-electron chi connectivity index (χ1n) is 5.50. The Hall–Kier alpha value is -0.290. The van der Waals surface area contributed by atoms with Gasteiger partial charge in [0.15, 0.2) is 0 Å². The van der Waals surface area contributed by atoms with Crippen LogP contribution in [0.3, 0.4) is 0 Å². The molecule has 0 amide bonds. The molecule has 2 nitrogen and oxygen atoms in total. The van der Waals surface area contributed by atoms with Crippen molar-refractivity contribution in [1.29, 1.82) is 0 Å². The quantitative estimate of drug-likeness (QED) is 0.789. The van der Waals surface area contributed by atoms with Gasteiger partial charge in [0, 0.05) is 25.6 Å². The van der Waals surface area contributed by atoms with Crippen molar-refractivity contribution in [3.05, 3.63) is 0 Å². The van der Waals surface area contributed by atoms with E-state index >= 15 is 0 Å². The third kappa shape index (κ3) is 5.37. The molecule has 1 N–H and O–H groups in total. The van der Waals surface area contributed by atoms with Gasteiger partial charge < -0.3 is 5.32 Å². The number of nitrogens with one attached hydrogen (secondary N) is 1. The van der Waals surface area contributed by atoms with E-state index in [-0.39, 0.29) is 6.42 Å². The fraction of sp³-hybridized carbons (Fsp3) is 1.00. The third-order valence-electron chi connectivity index (χ3n) is 2.84. The van der Waals surface area contributed by atoms with Crippen molar-refractivity contribution in [2.75, 3.05) is 26.2 Å². The maximum atomic E-state index is 12.0. The molecule has 1 saturated heterocycles. The van der Waals surface area contributed by atoms with Crippen LogP contribution in [0.15, 0.2) is 0 Å². The summed E-state index contributed by atoms with van der Waals surface area (Å²) in [4.78, 5) is 2.14. The number of hydrogen-bond donors (Lipinski definition) is 1. The summed E-state index contributed by atoms with van der Waals surface area (Å²) < 4.78 is 35.9. The van der Waals surface area contributed by atoms with Gasteiger partial charge in [-0.3, -0.25) is 4.90 Å². The van der Waals surface area contributed by atoms with E-state index in [9.17, 15) is 13.2 Å². The minimum absolute atomic E-state index is 0.216. The lowest BCUT2D eigenvalue weighted by Crippen LogP contribution is -2.35. The molecule has 0 saturated carbocycles. The van der Waals surface area contributed by atoms with Gasteiger partial charge in [-0.25, -0.2) is 0 Å². The Bertz CT molecular complexity index is 182. The summed E-state index contributed by atoms with van der Waals surface area (Å²) in [5.74, 6) is 0. The third-order valence-corrected chi connectivity index (χ3v) is 2.84. The van der Waals surface area contributed by atoms with Crippen molar-refractivity contribution < 1.29 is 13.2 Å². The van der Waals surface area contributed by atoms with E-state index in [2.05, 4.69) is 17.1 Å². The summed E-state index contributed by atoms with van der Waals surface area (Å²) in [6, 6.07) is 0.397. The molecule has 1 aliphatic rings. The number of hydrogen-bond acceptors (Lipinski definition) is 2. The van der Waals surface area contributed by atoms with Gasteiger partial charge in [-0.1, -0.05) is 0 Å². The van der Waals surface area contributed by atoms with Gasteiger partial charge in [0.1, 0.15) is 0 Å². The molecule has 0 spiro atoms. The van der Waals surface area contributed by atoms with Crippen LogP contribution >= 0.6 is 0 Å². The summed E-state index contributed by atoms with van der Waals surface area (Å²) in [5, 5.41) is 3.25. The molecule has 15 heavy (non-hydrogen) atoms. The second kappa shape index (κ2) is 5.70. The molecule has 0 aromatic heterocycles. The lowest BCUT2D eigenvalue weighted by molar-refractivity contribution is -0.136. The Labute approximate surface area is 88.8 Å². The summed E-state index contributed by atoms with van der Waals surface area (Å²) in [7, 11) is 0. The topological polar surface area (TPSA) is 15.3 Å². The Balaban J connectivity index is 2.23. The first kappa shape index (κ1) is 12.8. The van der Waals surface area contributed by atoms with E-state index < -0.39 is 12.6 Å². The molecule has 1 rings (SSSR count). The lowest BCUT2D eigenvalue weighted by atomic mass is 10.2. The highest BCUT2D eigenvalue weighted by Crippen LogP contribution is 2.21. The van der Waals surface area contributed by atoms with E-state index in [1.165, 1.54) is 0 Å². The zero-order valence-electron chi connectivity index (χ0n) is 9.11. The highest BCUT2D eigenvalue weighted by Gasteiger charge is 2.27. The summed E-state index contributed by atoms with van der Waals surface area (Å²) in [6.07, 6.45) is -3.43. The molecule has 0 aromatic carbocycles. The van der Waals surface area contributed by atoms with E-state index in [1.54, 1.807) is 0 Å². The monoisotopic (exact) mass is 224 g/mol. The van der Waals surface area contributed by atoms with E-state index in [4.69, 9.17) is 0 Å². The van der Waals surface area contributed by atoms with Crippen LogP contribution in [0.25, 0.3) is 0 Å². The Kier molecular flexibility index (Phi) is 4.86. The zero-order chi connectivity index (χ0) is 11.3. The SMILES string of the molecule is CC1CCNCCN1CCCC(F)(F)F. The molecule has 1 unspecified atom stereocenters. The Morgan fingerprint density at radius 3 is 2.73 bits per heavy atom. The number of halogens is 3. The van der Waals surface area contributed by atoms with Gasteiger partial charge in [0.25, 0.3) is 0 Å². The van der Waals surface area contributed by atoms with Crippen LogP contribution in [-0.2, 0) is 0 Å². The van der Waals surface area contributed by atoms with Crippen LogP contribution in [0, 0.1) is 0 Å². The standard InChI is InChI=1S/C10H19F3N2/c1-9-3-5-14-6-8-15(9)7-2-4-10(11,12)13/h9,14H,2-8H2,1H3. The normalized spacial score (nSPS) is 25.2. The van der Waals surface area contributed by atoms with Crippen molar-refractivity contribution in [3.63, 3.8) is 0 Å². The van der Waals surface area contributed by atoms with Gasteiger partial charge >= 0.3 is 6.18 Å². The smallest absolute Gasteiger partial charge is 0.315 e. The molecule has 1 atom stereocenters. The minimum Gasteiger partial charge on any atom is -0.315 e. The predicted molar refractivity (Wildman–Crippen MR) is 53.8 cm³/mol. The minimum atomic E-state index is -4.01.